The number of halogens is 1. The topological polar surface area (TPSA) is 81.4 Å². The summed E-state index contributed by atoms with van der Waals surface area (Å²) < 4.78 is 32.7. The molecule has 1 aromatic rings. The maximum absolute atomic E-state index is 12.2. The van der Waals surface area contributed by atoms with Crippen LogP contribution in [0.1, 0.15) is 12.5 Å². The molecular weight excluding hydrogens is 332 g/mol. The molecular formula is C12H19BrN2O3S. The number of nitrogens with one attached hydrogen (secondary N) is 1. The van der Waals surface area contributed by atoms with Crippen LogP contribution >= 0.6 is 15.9 Å². The Hall–Kier alpha value is -0.630. The van der Waals surface area contributed by atoms with E-state index in [0.29, 0.717) is 28.9 Å². The van der Waals surface area contributed by atoms with Gasteiger partial charge in [-0.25, -0.2) is 13.1 Å². The molecule has 7 heteroatoms. The lowest BCUT2D eigenvalue weighted by atomic mass is 10.2. The van der Waals surface area contributed by atoms with Crippen molar-refractivity contribution in [1.29, 1.82) is 0 Å². The van der Waals surface area contributed by atoms with Gasteiger partial charge in [-0.2, -0.15) is 0 Å². The number of ether oxygens (including phenoxy) is 1. The van der Waals surface area contributed by atoms with Gasteiger partial charge >= 0.3 is 0 Å². The van der Waals surface area contributed by atoms with Crippen LogP contribution in [0.5, 0.6) is 0 Å². The quantitative estimate of drug-likeness (QED) is 0.767. The van der Waals surface area contributed by atoms with Crippen molar-refractivity contribution in [3.05, 3.63) is 22.2 Å². The normalized spacial score (nSPS) is 13.5. The van der Waals surface area contributed by atoms with Crippen molar-refractivity contribution in [2.75, 3.05) is 26.0 Å². The van der Waals surface area contributed by atoms with Gasteiger partial charge < -0.3 is 10.5 Å². The van der Waals surface area contributed by atoms with Gasteiger partial charge in [0.05, 0.1) is 4.90 Å². The molecule has 0 amide bonds. The number of hydrogen-bond donors (Lipinski definition) is 2. The van der Waals surface area contributed by atoms with Gasteiger partial charge in [-0.1, -0.05) is 22.9 Å². The standard InChI is InChI=1S/C12H19BrN2O3S/c1-8(7-18-3)6-15-19(16,17)12-5-10(13)4-11(14)9(12)2/h4-5,8,15H,6-7,14H2,1-3H3. The second-order valence-electron chi connectivity index (χ2n) is 4.53. The Morgan fingerprint density at radius 2 is 2.11 bits per heavy atom. The first-order valence-electron chi connectivity index (χ1n) is 5.82. The first kappa shape index (κ1) is 16.4. The summed E-state index contributed by atoms with van der Waals surface area (Å²) in [5, 5.41) is 0. The lowest BCUT2D eigenvalue weighted by Gasteiger charge is -2.14. The lowest BCUT2D eigenvalue weighted by molar-refractivity contribution is 0.161. The summed E-state index contributed by atoms with van der Waals surface area (Å²) in [5.74, 6) is 0.101. The molecule has 0 radical (unpaired) electrons. The van der Waals surface area contributed by atoms with Crippen LogP contribution in [-0.4, -0.2) is 28.7 Å². The molecule has 19 heavy (non-hydrogen) atoms. The van der Waals surface area contributed by atoms with E-state index < -0.39 is 10.0 Å². The molecule has 0 aliphatic heterocycles. The third-order valence-corrected chi connectivity index (χ3v) is 4.74. The van der Waals surface area contributed by atoms with Crippen LogP contribution in [0.4, 0.5) is 5.69 Å². The smallest absolute Gasteiger partial charge is 0.240 e. The third-order valence-electron chi connectivity index (χ3n) is 2.73. The number of anilines is 1. The van der Waals surface area contributed by atoms with Crippen LogP contribution < -0.4 is 10.5 Å². The highest BCUT2D eigenvalue weighted by molar-refractivity contribution is 9.10. The van der Waals surface area contributed by atoms with Gasteiger partial charge in [0, 0.05) is 30.4 Å². The highest BCUT2D eigenvalue weighted by atomic mass is 79.9. The first-order valence-corrected chi connectivity index (χ1v) is 8.09. The number of rotatable bonds is 6. The van der Waals surface area contributed by atoms with Gasteiger partial charge in [0.25, 0.3) is 0 Å². The maximum atomic E-state index is 12.2. The molecule has 1 rings (SSSR count). The predicted octanol–water partition coefficient (Wildman–Crippen LogP) is 1.90. The molecule has 0 aliphatic carbocycles. The molecule has 1 unspecified atom stereocenters. The van der Waals surface area contributed by atoms with Crippen molar-refractivity contribution in [2.24, 2.45) is 5.92 Å². The molecule has 108 valence electrons. The molecule has 0 aliphatic rings. The Morgan fingerprint density at radius 1 is 1.47 bits per heavy atom. The number of nitrogen functional groups attached to an aromatic ring is 1. The van der Waals surface area contributed by atoms with Gasteiger partial charge in [0.1, 0.15) is 0 Å². The first-order chi connectivity index (χ1) is 8.77. The van der Waals surface area contributed by atoms with Crippen molar-refractivity contribution in [3.8, 4) is 0 Å². The molecule has 0 aromatic heterocycles. The van der Waals surface area contributed by atoms with E-state index >= 15 is 0 Å². The number of methoxy groups -OCH3 is 1. The Morgan fingerprint density at radius 3 is 2.68 bits per heavy atom. The summed E-state index contributed by atoms with van der Waals surface area (Å²) in [6.45, 7) is 4.42. The van der Waals surface area contributed by atoms with E-state index in [4.69, 9.17) is 10.5 Å². The minimum Gasteiger partial charge on any atom is -0.398 e. The summed E-state index contributed by atoms with van der Waals surface area (Å²) >= 11 is 3.25. The van der Waals surface area contributed by atoms with E-state index in [1.165, 1.54) is 0 Å². The number of sulfonamides is 1. The molecule has 0 saturated heterocycles. The minimum atomic E-state index is -3.56. The zero-order valence-corrected chi connectivity index (χ0v) is 13.6. The largest absolute Gasteiger partial charge is 0.398 e. The Kier molecular flexibility index (Phi) is 5.79. The van der Waals surface area contributed by atoms with E-state index in [1.54, 1.807) is 26.2 Å². The van der Waals surface area contributed by atoms with E-state index in [9.17, 15) is 8.42 Å². The van der Waals surface area contributed by atoms with Crippen LogP contribution in [0, 0.1) is 12.8 Å². The SMILES string of the molecule is COCC(C)CNS(=O)(=O)c1cc(Br)cc(N)c1C. The summed E-state index contributed by atoms with van der Waals surface area (Å²) in [4.78, 5) is 0.198. The van der Waals surface area contributed by atoms with Gasteiger partial charge in [-0.3, -0.25) is 0 Å². The van der Waals surface area contributed by atoms with E-state index in [1.807, 2.05) is 6.92 Å². The zero-order chi connectivity index (χ0) is 14.6. The van der Waals surface area contributed by atoms with E-state index in [2.05, 4.69) is 20.7 Å². The minimum absolute atomic E-state index is 0.101. The van der Waals surface area contributed by atoms with Crippen LogP contribution in [0.3, 0.4) is 0 Å². The monoisotopic (exact) mass is 350 g/mol. The summed E-state index contributed by atoms with van der Waals surface area (Å²) in [5.41, 5.74) is 6.77. The fourth-order valence-electron chi connectivity index (χ4n) is 1.63. The Labute approximate surface area is 122 Å². The van der Waals surface area contributed by atoms with Crippen molar-refractivity contribution >= 4 is 31.6 Å². The Balaban J connectivity index is 2.95. The Bertz CT molecular complexity index is 546. The van der Waals surface area contributed by atoms with Gasteiger partial charge in [0.15, 0.2) is 0 Å². The summed E-state index contributed by atoms with van der Waals surface area (Å²) in [6, 6.07) is 3.23. The summed E-state index contributed by atoms with van der Waals surface area (Å²) in [7, 11) is -1.98. The molecule has 0 bridgehead atoms. The highest BCUT2D eigenvalue weighted by Gasteiger charge is 2.19. The fourth-order valence-corrected chi connectivity index (χ4v) is 3.72. The van der Waals surface area contributed by atoms with Crippen molar-refractivity contribution < 1.29 is 13.2 Å². The summed E-state index contributed by atoms with van der Waals surface area (Å²) in [6.07, 6.45) is 0. The number of nitrogens with two attached hydrogens (primary N) is 1. The van der Waals surface area contributed by atoms with Crippen LogP contribution in [0.25, 0.3) is 0 Å². The lowest BCUT2D eigenvalue weighted by Crippen LogP contribution is -2.30. The third kappa shape index (κ3) is 4.45. The van der Waals surface area contributed by atoms with Crippen molar-refractivity contribution in [2.45, 2.75) is 18.7 Å². The molecule has 0 spiro atoms. The average molecular weight is 351 g/mol. The average Bonchev–Trinajstić information content (AvgIpc) is 2.31. The molecule has 0 fully saturated rings. The predicted molar refractivity (Wildman–Crippen MR) is 79.5 cm³/mol. The second kappa shape index (κ2) is 6.69. The number of benzene rings is 1. The highest BCUT2D eigenvalue weighted by Crippen LogP contribution is 2.26. The van der Waals surface area contributed by atoms with Gasteiger partial charge in [-0.15, -0.1) is 0 Å². The van der Waals surface area contributed by atoms with Crippen molar-refractivity contribution in [1.82, 2.24) is 4.72 Å². The number of hydrogen-bond acceptors (Lipinski definition) is 4. The van der Waals surface area contributed by atoms with Crippen LogP contribution in [0.15, 0.2) is 21.5 Å². The van der Waals surface area contributed by atoms with E-state index in [-0.39, 0.29) is 10.8 Å². The molecule has 0 saturated carbocycles. The molecule has 5 nitrogen and oxygen atoms in total. The van der Waals surface area contributed by atoms with Gasteiger partial charge in [-0.05, 0) is 30.5 Å². The van der Waals surface area contributed by atoms with Gasteiger partial charge in [0.2, 0.25) is 10.0 Å². The zero-order valence-electron chi connectivity index (χ0n) is 11.2. The second-order valence-corrected chi connectivity index (χ2v) is 7.18. The molecule has 0 heterocycles. The molecule has 1 atom stereocenters. The fraction of sp³-hybridized carbons (Fsp3) is 0.500. The maximum Gasteiger partial charge on any atom is 0.240 e. The van der Waals surface area contributed by atoms with Crippen LogP contribution in [0.2, 0.25) is 0 Å². The molecule has 1 aromatic carbocycles. The van der Waals surface area contributed by atoms with Crippen LogP contribution in [-0.2, 0) is 14.8 Å². The van der Waals surface area contributed by atoms with E-state index in [0.717, 1.165) is 0 Å². The molecule has 3 N–H and O–H groups in total. The van der Waals surface area contributed by atoms with Crippen molar-refractivity contribution in [3.63, 3.8) is 0 Å².